The Morgan fingerprint density at radius 1 is 1.19 bits per heavy atom. The Kier molecular flexibility index (Phi) is 4.46. The van der Waals surface area contributed by atoms with Crippen LogP contribution in [0.15, 0.2) is 24.3 Å². The summed E-state index contributed by atoms with van der Waals surface area (Å²) in [6, 6.07) is 7.83. The molecule has 0 spiro atoms. The number of carbonyl (C=O) groups excluding carboxylic acids is 1. The second-order valence-electron chi connectivity index (χ2n) is 5.73. The van der Waals surface area contributed by atoms with Crippen LogP contribution in [0, 0.1) is 33.6 Å². The number of nitrogens with one attached hydrogen (secondary N) is 1. The van der Waals surface area contributed by atoms with Gasteiger partial charge in [0.2, 0.25) is 5.91 Å². The van der Waals surface area contributed by atoms with Crippen LogP contribution in [0.5, 0.6) is 0 Å². The summed E-state index contributed by atoms with van der Waals surface area (Å²) in [5.74, 6) is -0.118. The van der Waals surface area contributed by atoms with E-state index in [9.17, 15) is 4.79 Å². The van der Waals surface area contributed by atoms with E-state index in [0.717, 1.165) is 17.1 Å². The van der Waals surface area contributed by atoms with Crippen molar-refractivity contribution in [2.45, 2.75) is 41.2 Å². The molecule has 4 nitrogen and oxygen atoms in total. The third-order valence-corrected chi connectivity index (χ3v) is 3.96. The third-order valence-electron chi connectivity index (χ3n) is 3.96. The van der Waals surface area contributed by atoms with Crippen LogP contribution >= 0.6 is 0 Å². The van der Waals surface area contributed by atoms with Crippen LogP contribution in [0.25, 0.3) is 0 Å². The van der Waals surface area contributed by atoms with Crippen LogP contribution in [-0.4, -0.2) is 15.7 Å². The van der Waals surface area contributed by atoms with Crippen molar-refractivity contribution in [1.29, 1.82) is 0 Å². The van der Waals surface area contributed by atoms with Gasteiger partial charge in [-0.1, -0.05) is 24.6 Å². The molecule has 2 rings (SSSR count). The van der Waals surface area contributed by atoms with Crippen LogP contribution in [0.2, 0.25) is 0 Å². The van der Waals surface area contributed by atoms with E-state index in [0.29, 0.717) is 6.54 Å². The van der Waals surface area contributed by atoms with E-state index in [1.165, 1.54) is 11.1 Å². The first-order valence-corrected chi connectivity index (χ1v) is 7.26. The molecule has 0 fully saturated rings. The molecule has 0 saturated heterocycles. The fourth-order valence-corrected chi connectivity index (χ4v) is 2.21. The fraction of sp³-hybridized carbons (Fsp3) is 0.412. The highest BCUT2D eigenvalue weighted by atomic mass is 16.1. The van der Waals surface area contributed by atoms with Crippen LogP contribution < -0.4 is 5.32 Å². The van der Waals surface area contributed by atoms with E-state index >= 15 is 0 Å². The minimum atomic E-state index is -0.135. The topological polar surface area (TPSA) is 46.9 Å². The molecule has 1 amide bonds. The summed E-state index contributed by atoms with van der Waals surface area (Å²) >= 11 is 0. The van der Waals surface area contributed by atoms with Gasteiger partial charge in [0, 0.05) is 11.4 Å². The molecule has 1 aromatic carbocycles. The van der Waals surface area contributed by atoms with Crippen molar-refractivity contribution in [2.75, 3.05) is 5.32 Å². The Morgan fingerprint density at radius 2 is 1.81 bits per heavy atom. The molecule has 0 bridgehead atoms. The number of aryl methyl sites for hydroxylation is 2. The maximum Gasteiger partial charge on any atom is 0.229 e. The number of aromatic nitrogens is 2. The molecule has 0 unspecified atom stereocenters. The van der Waals surface area contributed by atoms with Crippen molar-refractivity contribution in [2.24, 2.45) is 5.92 Å². The first-order chi connectivity index (χ1) is 9.88. The molecule has 0 radical (unpaired) electrons. The molecule has 1 atom stereocenters. The van der Waals surface area contributed by atoms with E-state index in [-0.39, 0.29) is 11.8 Å². The lowest BCUT2D eigenvalue weighted by Gasteiger charge is -2.13. The lowest BCUT2D eigenvalue weighted by atomic mass is 10.1. The maximum atomic E-state index is 12.3. The molecule has 4 heteroatoms. The van der Waals surface area contributed by atoms with Gasteiger partial charge >= 0.3 is 0 Å². The SMILES string of the molecule is Cc1ccc(NC(=O)[C@@H](C)Cn2nc(C)c(C)c2C)cc1. The monoisotopic (exact) mass is 285 g/mol. The van der Waals surface area contributed by atoms with Crippen molar-refractivity contribution >= 4 is 11.6 Å². The zero-order valence-electron chi connectivity index (χ0n) is 13.4. The number of benzene rings is 1. The molecule has 1 heterocycles. The molecule has 21 heavy (non-hydrogen) atoms. The summed E-state index contributed by atoms with van der Waals surface area (Å²) in [6.45, 7) is 10.6. The average Bonchev–Trinajstić information content (AvgIpc) is 2.69. The molecule has 2 aromatic rings. The summed E-state index contributed by atoms with van der Waals surface area (Å²) < 4.78 is 1.92. The minimum absolute atomic E-state index is 0.0176. The summed E-state index contributed by atoms with van der Waals surface area (Å²) in [7, 11) is 0. The molecule has 0 aliphatic rings. The lowest BCUT2D eigenvalue weighted by molar-refractivity contribution is -0.119. The number of anilines is 1. The van der Waals surface area contributed by atoms with E-state index in [4.69, 9.17) is 0 Å². The summed E-state index contributed by atoms with van der Waals surface area (Å²) in [5.41, 5.74) is 5.36. The molecule has 1 aromatic heterocycles. The van der Waals surface area contributed by atoms with Crippen LogP contribution in [-0.2, 0) is 11.3 Å². The highest BCUT2D eigenvalue weighted by Crippen LogP contribution is 2.15. The molecule has 112 valence electrons. The van der Waals surface area contributed by atoms with E-state index in [1.807, 2.05) is 56.6 Å². The number of amides is 1. The van der Waals surface area contributed by atoms with Gasteiger partial charge in [-0.25, -0.2) is 0 Å². The highest BCUT2D eigenvalue weighted by Gasteiger charge is 2.16. The summed E-state index contributed by atoms with van der Waals surface area (Å²) in [6.07, 6.45) is 0. The van der Waals surface area contributed by atoms with Gasteiger partial charge in [0.1, 0.15) is 0 Å². The van der Waals surface area contributed by atoms with Gasteiger partial charge in [-0.3, -0.25) is 9.48 Å². The molecule has 0 aliphatic heterocycles. The Morgan fingerprint density at radius 3 is 2.33 bits per heavy atom. The Hall–Kier alpha value is -2.10. The van der Waals surface area contributed by atoms with Gasteiger partial charge < -0.3 is 5.32 Å². The number of nitrogens with zero attached hydrogens (tertiary/aromatic N) is 2. The highest BCUT2D eigenvalue weighted by molar-refractivity contribution is 5.92. The predicted molar refractivity (Wildman–Crippen MR) is 85.4 cm³/mol. The van der Waals surface area contributed by atoms with E-state index in [2.05, 4.69) is 17.3 Å². The number of carbonyl (C=O) groups is 1. The molecule has 0 aliphatic carbocycles. The predicted octanol–water partition coefficient (Wildman–Crippen LogP) is 3.39. The summed E-state index contributed by atoms with van der Waals surface area (Å²) in [4.78, 5) is 12.3. The first kappa shape index (κ1) is 15.3. The molecule has 1 N–H and O–H groups in total. The van der Waals surface area contributed by atoms with Gasteiger partial charge in [0.25, 0.3) is 0 Å². The zero-order valence-corrected chi connectivity index (χ0v) is 13.4. The van der Waals surface area contributed by atoms with Crippen molar-refractivity contribution in [3.63, 3.8) is 0 Å². The van der Waals surface area contributed by atoms with Crippen LogP contribution in [0.3, 0.4) is 0 Å². The number of hydrogen-bond donors (Lipinski definition) is 1. The second-order valence-corrected chi connectivity index (χ2v) is 5.73. The van der Waals surface area contributed by atoms with Crippen molar-refractivity contribution in [3.8, 4) is 0 Å². The molecule has 0 saturated carbocycles. The minimum Gasteiger partial charge on any atom is -0.326 e. The maximum absolute atomic E-state index is 12.3. The number of hydrogen-bond acceptors (Lipinski definition) is 2. The molecular weight excluding hydrogens is 262 g/mol. The van der Waals surface area contributed by atoms with Gasteiger partial charge in [-0.2, -0.15) is 5.10 Å². The standard InChI is InChI=1S/C17H23N3O/c1-11-6-8-16(9-7-11)18-17(21)12(2)10-20-15(5)13(3)14(4)19-20/h6-9,12H,10H2,1-5H3,(H,18,21)/t12-/m0/s1. The van der Waals surface area contributed by atoms with Crippen molar-refractivity contribution in [1.82, 2.24) is 9.78 Å². The Balaban J connectivity index is 2.02. The molecular formula is C17H23N3O. The van der Waals surface area contributed by atoms with Crippen molar-refractivity contribution in [3.05, 3.63) is 46.8 Å². The normalized spacial score (nSPS) is 12.2. The van der Waals surface area contributed by atoms with E-state index < -0.39 is 0 Å². The quantitative estimate of drug-likeness (QED) is 0.936. The smallest absolute Gasteiger partial charge is 0.229 e. The average molecular weight is 285 g/mol. The largest absolute Gasteiger partial charge is 0.326 e. The Bertz CT molecular complexity index is 641. The van der Waals surface area contributed by atoms with Gasteiger partial charge in [0.05, 0.1) is 18.2 Å². The van der Waals surface area contributed by atoms with Crippen LogP contribution in [0.1, 0.15) is 29.4 Å². The first-order valence-electron chi connectivity index (χ1n) is 7.26. The van der Waals surface area contributed by atoms with E-state index in [1.54, 1.807) is 0 Å². The van der Waals surface area contributed by atoms with Gasteiger partial charge in [-0.15, -0.1) is 0 Å². The van der Waals surface area contributed by atoms with Crippen LogP contribution in [0.4, 0.5) is 5.69 Å². The van der Waals surface area contributed by atoms with Gasteiger partial charge in [-0.05, 0) is 45.4 Å². The fourth-order valence-electron chi connectivity index (χ4n) is 2.21. The zero-order chi connectivity index (χ0) is 15.6. The summed E-state index contributed by atoms with van der Waals surface area (Å²) in [5, 5.41) is 7.44. The van der Waals surface area contributed by atoms with Crippen molar-refractivity contribution < 1.29 is 4.79 Å². The Labute approximate surface area is 126 Å². The lowest BCUT2D eigenvalue weighted by Crippen LogP contribution is -2.25. The third kappa shape index (κ3) is 3.51. The number of rotatable bonds is 4. The second kappa shape index (κ2) is 6.12. The van der Waals surface area contributed by atoms with Gasteiger partial charge in [0.15, 0.2) is 0 Å².